The first-order valence-electron chi connectivity index (χ1n) is 7.02. The molecule has 0 aliphatic carbocycles. The number of aliphatic carboxylic acids is 1. The lowest BCUT2D eigenvalue weighted by Gasteiger charge is -2.10. The molecule has 5 heteroatoms. The molecule has 2 N–H and O–H groups in total. The molecule has 5 nitrogen and oxygen atoms in total. The van der Waals surface area contributed by atoms with Gasteiger partial charge in [-0.25, -0.2) is 4.79 Å². The summed E-state index contributed by atoms with van der Waals surface area (Å²) in [5, 5.41) is 11.4. The Morgan fingerprint density at radius 1 is 1.33 bits per heavy atom. The minimum absolute atomic E-state index is 0.00301. The van der Waals surface area contributed by atoms with E-state index in [0.29, 0.717) is 13.0 Å². The molecule has 1 aliphatic heterocycles. The number of nitrogens with one attached hydrogen (secondary N) is 1. The fourth-order valence-electron chi connectivity index (χ4n) is 2.20. The molecule has 0 saturated carbocycles. The minimum Gasteiger partial charge on any atom is -0.478 e. The van der Waals surface area contributed by atoms with Gasteiger partial charge in [-0.1, -0.05) is 24.3 Å². The van der Waals surface area contributed by atoms with Crippen LogP contribution < -0.4 is 5.32 Å². The fourth-order valence-corrected chi connectivity index (χ4v) is 2.20. The van der Waals surface area contributed by atoms with Gasteiger partial charge in [-0.3, -0.25) is 4.79 Å². The van der Waals surface area contributed by atoms with E-state index in [9.17, 15) is 9.59 Å². The van der Waals surface area contributed by atoms with Gasteiger partial charge in [0.05, 0.1) is 12.5 Å². The Kier molecular flexibility index (Phi) is 5.51. The lowest BCUT2D eigenvalue weighted by atomic mass is 10.1. The van der Waals surface area contributed by atoms with Gasteiger partial charge in [0.1, 0.15) is 0 Å². The topological polar surface area (TPSA) is 75.6 Å². The molecule has 1 fully saturated rings. The molecule has 0 spiro atoms. The molecule has 0 bridgehead atoms. The number of hydrogen-bond donors (Lipinski definition) is 2. The molecule has 1 amide bonds. The van der Waals surface area contributed by atoms with E-state index < -0.39 is 5.97 Å². The van der Waals surface area contributed by atoms with Gasteiger partial charge in [0, 0.05) is 19.2 Å². The van der Waals surface area contributed by atoms with Crippen LogP contribution in [0.1, 0.15) is 30.4 Å². The highest BCUT2D eigenvalue weighted by Gasteiger charge is 2.18. The number of hydrogen-bond acceptors (Lipinski definition) is 3. The predicted molar refractivity (Wildman–Crippen MR) is 78.5 cm³/mol. The van der Waals surface area contributed by atoms with Gasteiger partial charge < -0.3 is 15.2 Å². The van der Waals surface area contributed by atoms with Crippen molar-refractivity contribution in [1.29, 1.82) is 0 Å². The Labute approximate surface area is 123 Å². The summed E-state index contributed by atoms with van der Waals surface area (Å²) in [5.74, 6) is -0.975. The molecule has 1 atom stereocenters. The lowest BCUT2D eigenvalue weighted by Crippen LogP contribution is -2.26. The van der Waals surface area contributed by atoms with Crippen LogP contribution in [0.5, 0.6) is 0 Å². The molecule has 0 radical (unpaired) electrons. The first-order valence-corrected chi connectivity index (χ1v) is 7.02. The Morgan fingerprint density at radius 2 is 2.10 bits per heavy atom. The van der Waals surface area contributed by atoms with Crippen molar-refractivity contribution in [3.63, 3.8) is 0 Å². The number of carboxylic acids is 1. The molecule has 112 valence electrons. The van der Waals surface area contributed by atoms with Gasteiger partial charge in [-0.05, 0) is 30.0 Å². The van der Waals surface area contributed by atoms with E-state index in [0.717, 1.165) is 36.7 Å². The van der Waals surface area contributed by atoms with Crippen molar-refractivity contribution >= 4 is 18.0 Å². The number of carbonyl (C=O) groups excluding carboxylic acids is 1. The van der Waals surface area contributed by atoms with E-state index >= 15 is 0 Å². The zero-order chi connectivity index (χ0) is 15.1. The highest BCUT2D eigenvalue weighted by Crippen LogP contribution is 2.15. The summed E-state index contributed by atoms with van der Waals surface area (Å²) >= 11 is 0. The van der Waals surface area contributed by atoms with Crippen LogP contribution in [0.15, 0.2) is 30.3 Å². The second kappa shape index (κ2) is 7.59. The third-order valence-corrected chi connectivity index (χ3v) is 3.32. The van der Waals surface area contributed by atoms with Crippen LogP contribution in [-0.4, -0.2) is 29.7 Å². The average molecular weight is 289 g/mol. The van der Waals surface area contributed by atoms with Gasteiger partial charge in [-0.15, -0.1) is 0 Å². The summed E-state index contributed by atoms with van der Waals surface area (Å²) < 4.78 is 5.42. The van der Waals surface area contributed by atoms with Gasteiger partial charge in [0.15, 0.2) is 0 Å². The number of amides is 1. The van der Waals surface area contributed by atoms with E-state index in [1.807, 2.05) is 24.3 Å². The number of carbonyl (C=O) groups is 2. The largest absolute Gasteiger partial charge is 0.478 e. The summed E-state index contributed by atoms with van der Waals surface area (Å²) in [7, 11) is 0. The first kappa shape index (κ1) is 15.3. The second-order valence-corrected chi connectivity index (χ2v) is 5.03. The highest BCUT2D eigenvalue weighted by molar-refractivity contribution is 5.85. The molecule has 21 heavy (non-hydrogen) atoms. The Morgan fingerprint density at radius 3 is 2.71 bits per heavy atom. The predicted octanol–water partition coefficient (Wildman–Crippen LogP) is 1.97. The molecule has 2 rings (SSSR count). The van der Waals surface area contributed by atoms with Crippen molar-refractivity contribution < 1.29 is 19.4 Å². The number of rotatable bonds is 6. The van der Waals surface area contributed by atoms with Crippen molar-refractivity contribution in [2.24, 2.45) is 0 Å². The maximum absolute atomic E-state index is 11.7. The Bertz CT molecular complexity index is 516. The standard InChI is InChI=1S/C16H19NO4/c18-15(10-14-2-1-9-21-14)17-11-13-5-3-12(4-6-13)7-8-16(19)20/h3-8,14H,1-2,9-11H2,(H,17,18)(H,19,20). The van der Waals surface area contributed by atoms with Crippen LogP contribution in [0, 0.1) is 0 Å². The summed E-state index contributed by atoms with van der Waals surface area (Å²) in [5.41, 5.74) is 1.79. The minimum atomic E-state index is -0.972. The van der Waals surface area contributed by atoms with E-state index in [2.05, 4.69) is 5.32 Å². The monoisotopic (exact) mass is 289 g/mol. The van der Waals surface area contributed by atoms with Gasteiger partial charge in [-0.2, -0.15) is 0 Å². The molecule has 1 aromatic rings. The molecule has 1 unspecified atom stereocenters. The van der Waals surface area contributed by atoms with Gasteiger partial charge in [0.25, 0.3) is 0 Å². The summed E-state index contributed by atoms with van der Waals surface area (Å²) in [6, 6.07) is 7.38. The zero-order valence-electron chi connectivity index (χ0n) is 11.7. The van der Waals surface area contributed by atoms with E-state index in [1.54, 1.807) is 0 Å². The Hall–Kier alpha value is -2.14. The normalized spacial score (nSPS) is 18.0. The molecule has 1 saturated heterocycles. The van der Waals surface area contributed by atoms with Gasteiger partial charge >= 0.3 is 5.97 Å². The van der Waals surface area contributed by atoms with Crippen molar-refractivity contribution in [2.45, 2.75) is 31.9 Å². The van der Waals surface area contributed by atoms with Crippen LogP contribution in [0.25, 0.3) is 6.08 Å². The van der Waals surface area contributed by atoms with E-state index in [1.165, 1.54) is 6.08 Å². The van der Waals surface area contributed by atoms with Crippen molar-refractivity contribution in [1.82, 2.24) is 5.32 Å². The molecule has 0 aromatic heterocycles. The second-order valence-electron chi connectivity index (χ2n) is 5.03. The summed E-state index contributed by atoms with van der Waals surface area (Å²) in [6.07, 6.45) is 5.09. The third-order valence-electron chi connectivity index (χ3n) is 3.32. The molecule has 1 aromatic carbocycles. The first-order chi connectivity index (χ1) is 10.1. The lowest BCUT2D eigenvalue weighted by molar-refractivity contribution is -0.131. The molecular weight excluding hydrogens is 270 g/mol. The van der Waals surface area contributed by atoms with E-state index in [-0.39, 0.29) is 12.0 Å². The quantitative estimate of drug-likeness (QED) is 0.785. The number of ether oxygens (including phenoxy) is 1. The van der Waals surface area contributed by atoms with E-state index in [4.69, 9.17) is 9.84 Å². The van der Waals surface area contributed by atoms with Crippen LogP contribution in [0.4, 0.5) is 0 Å². The maximum Gasteiger partial charge on any atom is 0.328 e. The van der Waals surface area contributed by atoms with Crippen LogP contribution in [0.3, 0.4) is 0 Å². The maximum atomic E-state index is 11.7. The zero-order valence-corrected chi connectivity index (χ0v) is 11.7. The van der Waals surface area contributed by atoms with Crippen LogP contribution in [0.2, 0.25) is 0 Å². The van der Waals surface area contributed by atoms with Crippen molar-refractivity contribution in [3.05, 3.63) is 41.5 Å². The molecule has 1 heterocycles. The fraction of sp³-hybridized carbons (Fsp3) is 0.375. The highest BCUT2D eigenvalue weighted by atomic mass is 16.5. The average Bonchev–Trinajstić information content (AvgIpc) is 2.97. The summed E-state index contributed by atoms with van der Waals surface area (Å²) in [4.78, 5) is 22.2. The molecular formula is C16H19NO4. The Balaban J connectivity index is 1.77. The SMILES string of the molecule is O=C(O)C=Cc1ccc(CNC(=O)CC2CCCO2)cc1. The summed E-state index contributed by atoms with van der Waals surface area (Å²) in [6.45, 7) is 1.22. The number of benzene rings is 1. The molecule has 1 aliphatic rings. The van der Waals surface area contributed by atoms with Crippen molar-refractivity contribution in [3.8, 4) is 0 Å². The smallest absolute Gasteiger partial charge is 0.328 e. The van der Waals surface area contributed by atoms with Gasteiger partial charge in [0.2, 0.25) is 5.91 Å². The van der Waals surface area contributed by atoms with Crippen LogP contribution in [-0.2, 0) is 20.9 Å². The van der Waals surface area contributed by atoms with Crippen LogP contribution >= 0.6 is 0 Å². The third kappa shape index (κ3) is 5.39. The van der Waals surface area contributed by atoms with Crippen molar-refractivity contribution in [2.75, 3.05) is 6.61 Å². The number of carboxylic acid groups (broad SMARTS) is 1.